The molecule has 2 aromatic rings. The molecule has 0 radical (unpaired) electrons. The van der Waals surface area contributed by atoms with Crippen molar-refractivity contribution in [1.29, 1.82) is 0 Å². The number of hydrogen-bond acceptors (Lipinski definition) is 5. The van der Waals surface area contributed by atoms with Gasteiger partial charge in [-0.1, -0.05) is 12.1 Å². The Morgan fingerprint density at radius 2 is 1.70 bits per heavy atom. The zero-order valence-electron chi connectivity index (χ0n) is 13.2. The highest BCUT2D eigenvalue weighted by Crippen LogP contribution is 2.24. The van der Waals surface area contributed by atoms with E-state index in [1.807, 2.05) is 13.0 Å². The third kappa shape index (κ3) is 4.10. The van der Waals surface area contributed by atoms with E-state index in [4.69, 9.17) is 8.92 Å². The normalized spacial score (nSPS) is 11.1. The molecule has 0 amide bonds. The van der Waals surface area contributed by atoms with E-state index in [-0.39, 0.29) is 17.1 Å². The standard InChI is InChI=1S/C17H18O5S/c1-4-21-17(18)14-7-9-15(10-8-14)23(19,20)22-16-11-12(2)5-6-13(16)3/h5-11H,4H2,1-3H3. The van der Waals surface area contributed by atoms with Gasteiger partial charge < -0.3 is 8.92 Å². The third-order valence-electron chi connectivity index (χ3n) is 3.20. The number of hydrogen-bond donors (Lipinski definition) is 0. The molecule has 122 valence electrons. The van der Waals surface area contributed by atoms with E-state index >= 15 is 0 Å². The predicted octanol–water partition coefficient (Wildman–Crippen LogP) is 3.25. The molecule has 2 rings (SSSR count). The average Bonchev–Trinajstić information content (AvgIpc) is 2.51. The predicted molar refractivity (Wildman–Crippen MR) is 86.1 cm³/mol. The van der Waals surface area contributed by atoms with Gasteiger partial charge in [0.1, 0.15) is 10.6 Å². The van der Waals surface area contributed by atoms with Crippen molar-refractivity contribution < 1.29 is 22.1 Å². The third-order valence-corrected chi connectivity index (χ3v) is 4.45. The van der Waals surface area contributed by atoms with Gasteiger partial charge in [-0.15, -0.1) is 0 Å². The van der Waals surface area contributed by atoms with E-state index in [1.54, 1.807) is 26.0 Å². The van der Waals surface area contributed by atoms with E-state index < -0.39 is 16.1 Å². The Labute approximate surface area is 136 Å². The molecule has 0 saturated heterocycles. The highest BCUT2D eigenvalue weighted by molar-refractivity contribution is 7.87. The van der Waals surface area contributed by atoms with Crippen LogP contribution in [0.25, 0.3) is 0 Å². The van der Waals surface area contributed by atoms with Crippen LogP contribution in [0.5, 0.6) is 5.75 Å². The smallest absolute Gasteiger partial charge is 0.339 e. The first-order valence-electron chi connectivity index (χ1n) is 7.12. The Balaban J connectivity index is 2.26. The number of ether oxygens (including phenoxy) is 1. The van der Waals surface area contributed by atoms with Gasteiger partial charge in [-0.3, -0.25) is 0 Å². The topological polar surface area (TPSA) is 69.7 Å². The molecular weight excluding hydrogens is 316 g/mol. The van der Waals surface area contributed by atoms with Gasteiger partial charge in [0, 0.05) is 0 Å². The zero-order valence-corrected chi connectivity index (χ0v) is 14.0. The Hall–Kier alpha value is -2.34. The van der Waals surface area contributed by atoms with Gasteiger partial charge in [-0.25, -0.2) is 4.79 Å². The minimum absolute atomic E-state index is 0.0218. The van der Waals surface area contributed by atoms with Gasteiger partial charge in [0.15, 0.2) is 0 Å². The van der Waals surface area contributed by atoms with Crippen molar-refractivity contribution in [2.45, 2.75) is 25.7 Å². The summed E-state index contributed by atoms with van der Waals surface area (Å²) in [5.74, 6) is -0.202. The fourth-order valence-corrected chi connectivity index (χ4v) is 2.92. The van der Waals surface area contributed by atoms with Crippen LogP contribution in [0.15, 0.2) is 47.4 Å². The number of rotatable bonds is 5. The molecule has 23 heavy (non-hydrogen) atoms. The van der Waals surface area contributed by atoms with E-state index in [9.17, 15) is 13.2 Å². The second kappa shape index (κ2) is 6.83. The SMILES string of the molecule is CCOC(=O)c1ccc(S(=O)(=O)Oc2cc(C)ccc2C)cc1. The van der Waals surface area contributed by atoms with Crippen LogP contribution < -0.4 is 4.18 Å². The molecule has 0 aromatic heterocycles. The zero-order chi connectivity index (χ0) is 17.0. The molecule has 0 aliphatic carbocycles. The van der Waals surface area contributed by atoms with Crippen molar-refractivity contribution in [2.24, 2.45) is 0 Å². The molecule has 0 spiro atoms. The number of benzene rings is 2. The van der Waals surface area contributed by atoms with Gasteiger partial charge in [0.25, 0.3) is 0 Å². The lowest BCUT2D eigenvalue weighted by Gasteiger charge is -2.10. The lowest BCUT2D eigenvalue weighted by atomic mass is 10.1. The maximum atomic E-state index is 12.3. The summed E-state index contributed by atoms with van der Waals surface area (Å²) in [6, 6.07) is 10.8. The molecule has 0 atom stereocenters. The quantitative estimate of drug-likeness (QED) is 0.620. The van der Waals surface area contributed by atoms with Crippen LogP contribution in [-0.2, 0) is 14.9 Å². The highest BCUT2D eigenvalue weighted by Gasteiger charge is 2.18. The number of aryl methyl sites for hydroxylation is 2. The van der Waals surface area contributed by atoms with Crippen LogP contribution in [0.1, 0.15) is 28.4 Å². The highest BCUT2D eigenvalue weighted by atomic mass is 32.2. The van der Waals surface area contributed by atoms with Crippen molar-refractivity contribution in [3.63, 3.8) is 0 Å². The van der Waals surface area contributed by atoms with Crippen LogP contribution in [0.2, 0.25) is 0 Å². The molecule has 0 aliphatic heterocycles. The number of esters is 1. The van der Waals surface area contributed by atoms with Crippen LogP contribution >= 0.6 is 0 Å². The van der Waals surface area contributed by atoms with Gasteiger partial charge >= 0.3 is 16.1 Å². The molecule has 0 unspecified atom stereocenters. The first-order chi connectivity index (χ1) is 10.8. The number of carbonyl (C=O) groups excluding carboxylic acids is 1. The molecule has 5 nitrogen and oxygen atoms in total. The molecule has 0 heterocycles. The minimum Gasteiger partial charge on any atom is -0.462 e. The summed E-state index contributed by atoms with van der Waals surface area (Å²) in [6.45, 7) is 5.59. The van der Waals surface area contributed by atoms with Gasteiger partial charge in [-0.2, -0.15) is 8.42 Å². The molecular formula is C17H18O5S. The summed E-state index contributed by atoms with van der Waals surface area (Å²) in [5.41, 5.74) is 1.92. The Morgan fingerprint density at radius 3 is 2.30 bits per heavy atom. The second-order valence-corrected chi connectivity index (χ2v) is 6.60. The molecule has 0 aliphatic rings. The minimum atomic E-state index is -3.96. The summed E-state index contributed by atoms with van der Waals surface area (Å²) in [4.78, 5) is 11.6. The van der Waals surface area contributed by atoms with E-state index in [0.717, 1.165) is 11.1 Å². The molecule has 0 N–H and O–H groups in total. The van der Waals surface area contributed by atoms with Gasteiger partial charge in [-0.05, 0) is 62.2 Å². The first kappa shape index (κ1) is 17.0. The maximum absolute atomic E-state index is 12.3. The molecule has 0 saturated carbocycles. The second-order valence-electron chi connectivity index (χ2n) is 5.05. The average molecular weight is 334 g/mol. The number of carbonyl (C=O) groups is 1. The van der Waals surface area contributed by atoms with E-state index in [2.05, 4.69) is 0 Å². The van der Waals surface area contributed by atoms with Crippen LogP contribution in [0.4, 0.5) is 0 Å². The van der Waals surface area contributed by atoms with E-state index in [0.29, 0.717) is 5.75 Å². The van der Waals surface area contributed by atoms with Gasteiger partial charge in [0.05, 0.1) is 12.2 Å². The van der Waals surface area contributed by atoms with Gasteiger partial charge in [0.2, 0.25) is 0 Å². The monoisotopic (exact) mass is 334 g/mol. The van der Waals surface area contributed by atoms with Crippen molar-refractivity contribution in [1.82, 2.24) is 0 Å². The van der Waals surface area contributed by atoms with Crippen LogP contribution in [0, 0.1) is 13.8 Å². The Kier molecular flexibility index (Phi) is 5.05. The lowest BCUT2D eigenvalue weighted by molar-refractivity contribution is 0.0526. The maximum Gasteiger partial charge on any atom is 0.339 e. The summed E-state index contributed by atoms with van der Waals surface area (Å²) >= 11 is 0. The fraction of sp³-hybridized carbons (Fsp3) is 0.235. The van der Waals surface area contributed by atoms with Crippen molar-refractivity contribution >= 4 is 16.1 Å². The molecule has 6 heteroatoms. The fourth-order valence-electron chi connectivity index (χ4n) is 1.94. The van der Waals surface area contributed by atoms with E-state index in [1.165, 1.54) is 24.3 Å². The summed E-state index contributed by atoms with van der Waals surface area (Å²) in [7, 11) is -3.96. The summed E-state index contributed by atoms with van der Waals surface area (Å²) in [6.07, 6.45) is 0. The lowest BCUT2D eigenvalue weighted by Crippen LogP contribution is -2.11. The van der Waals surface area contributed by atoms with Crippen LogP contribution in [0.3, 0.4) is 0 Å². The summed E-state index contributed by atoms with van der Waals surface area (Å²) < 4.78 is 34.7. The Morgan fingerprint density at radius 1 is 1.04 bits per heavy atom. The van der Waals surface area contributed by atoms with Crippen molar-refractivity contribution in [2.75, 3.05) is 6.61 Å². The van der Waals surface area contributed by atoms with Crippen LogP contribution in [-0.4, -0.2) is 21.0 Å². The summed E-state index contributed by atoms with van der Waals surface area (Å²) in [5, 5.41) is 0. The Bertz CT molecular complexity index is 807. The first-order valence-corrected chi connectivity index (χ1v) is 8.53. The van der Waals surface area contributed by atoms with Crippen molar-refractivity contribution in [3.05, 3.63) is 59.2 Å². The largest absolute Gasteiger partial charge is 0.462 e. The molecule has 0 bridgehead atoms. The van der Waals surface area contributed by atoms with Crippen molar-refractivity contribution in [3.8, 4) is 5.75 Å². The molecule has 2 aromatic carbocycles. The molecule has 0 fully saturated rings.